The quantitative estimate of drug-likeness (QED) is 0.124. The van der Waals surface area contributed by atoms with E-state index in [1.807, 2.05) is 18.5 Å². The largest absolute Gasteiger partial charge is 0.481 e. The number of carbonyl (C=O) groups is 2. The maximum Gasteiger partial charge on any atom is 0.416 e. The number of anilines is 2. The second kappa shape index (κ2) is 14.1. The van der Waals surface area contributed by atoms with E-state index in [0.717, 1.165) is 21.7 Å². The second-order valence-corrected chi connectivity index (χ2v) is 16.6. The number of hydrogen-bond donors (Lipinski definition) is 2. The Morgan fingerprint density at radius 2 is 1.73 bits per heavy atom. The number of rotatable bonds is 8. The van der Waals surface area contributed by atoms with Gasteiger partial charge in [0.15, 0.2) is 0 Å². The van der Waals surface area contributed by atoms with Crippen molar-refractivity contribution in [1.29, 1.82) is 0 Å². The second-order valence-electron chi connectivity index (χ2n) is 13.1. The molecule has 0 radical (unpaired) electrons. The molecular weight excluding hydrogens is 774 g/mol. The molecule has 1 unspecified atom stereocenters. The minimum atomic E-state index is -4.80. The van der Waals surface area contributed by atoms with Crippen LogP contribution < -0.4 is 9.62 Å². The van der Waals surface area contributed by atoms with E-state index in [0.29, 0.717) is 49.1 Å². The minimum Gasteiger partial charge on any atom is -0.481 e. The highest BCUT2D eigenvalue weighted by Gasteiger charge is 2.53. The average molecular weight is 811 g/mol. The molecule has 2 fully saturated rings. The summed E-state index contributed by atoms with van der Waals surface area (Å²) in [7, 11) is -0.789. The first-order valence-electron chi connectivity index (χ1n) is 16.3. The molecule has 1 aromatic heterocycles. The van der Waals surface area contributed by atoms with Gasteiger partial charge in [0, 0.05) is 33.1 Å². The molecule has 1 aliphatic heterocycles. The van der Waals surface area contributed by atoms with Crippen molar-refractivity contribution in [2.24, 2.45) is 18.9 Å². The summed E-state index contributed by atoms with van der Waals surface area (Å²) in [5, 5.41) is 12.9. The predicted molar refractivity (Wildman–Crippen MR) is 188 cm³/mol. The fourth-order valence-corrected chi connectivity index (χ4v) is 9.41. The Hall–Kier alpha value is -4.06. The van der Waals surface area contributed by atoms with Crippen LogP contribution in [0.2, 0.25) is 0 Å². The normalized spacial score (nSPS) is 23.0. The smallest absolute Gasteiger partial charge is 0.416 e. The number of carbonyl (C=O) groups excluding carboxylic acids is 1. The van der Waals surface area contributed by atoms with Gasteiger partial charge in [-0.1, -0.05) is 28.1 Å². The molecule has 4 atom stereocenters. The van der Waals surface area contributed by atoms with Crippen LogP contribution in [0.5, 0.6) is 0 Å². The van der Waals surface area contributed by atoms with Crippen LogP contribution in [0.15, 0.2) is 65.6 Å². The van der Waals surface area contributed by atoms with Crippen molar-refractivity contribution in [2.75, 3.05) is 43.0 Å². The molecule has 1 amide bonds. The number of carboxylic acid groups (broad SMARTS) is 1. The van der Waals surface area contributed by atoms with E-state index < -0.39 is 67.3 Å². The molecule has 6 rings (SSSR count). The molecule has 52 heavy (non-hydrogen) atoms. The summed E-state index contributed by atoms with van der Waals surface area (Å²) in [6, 6.07) is 12.8. The highest BCUT2D eigenvalue weighted by atomic mass is 79.9. The van der Waals surface area contributed by atoms with Gasteiger partial charge in [0.05, 0.1) is 62.4 Å². The zero-order valence-corrected chi connectivity index (χ0v) is 30.7. The zero-order chi connectivity index (χ0) is 37.7. The number of nitrogens with zero attached hydrogens (tertiary/aromatic N) is 4. The summed E-state index contributed by atoms with van der Waals surface area (Å²) in [6.07, 6.45) is -4.57. The van der Waals surface area contributed by atoms with Crippen LogP contribution >= 0.6 is 15.9 Å². The van der Waals surface area contributed by atoms with Gasteiger partial charge in [-0.25, -0.2) is 17.8 Å². The number of halogens is 5. The van der Waals surface area contributed by atoms with Crippen LogP contribution in [-0.4, -0.2) is 77.7 Å². The third kappa shape index (κ3) is 7.15. The summed E-state index contributed by atoms with van der Waals surface area (Å²) < 4.78 is 89.2. The van der Waals surface area contributed by atoms with Gasteiger partial charge in [-0.3, -0.25) is 18.8 Å². The van der Waals surface area contributed by atoms with Gasteiger partial charge >= 0.3 is 12.1 Å². The molecule has 17 heteroatoms. The van der Waals surface area contributed by atoms with Gasteiger partial charge in [-0.05, 0) is 73.9 Å². The molecule has 278 valence electrons. The molecule has 2 heterocycles. The maximum atomic E-state index is 14.8. The van der Waals surface area contributed by atoms with Crippen LogP contribution in [0.25, 0.3) is 11.0 Å². The number of alkyl halides is 4. The molecule has 0 bridgehead atoms. The zero-order valence-electron chi connectivity index (χ0n) is 28.3. The lowest BCUT2D eigenvalue weighted by Gasteiger charge is -2.50. The summed E-state index contributed by atoms with van der Waals surface area (Å²) in [4.78, 5) is 33.3. The van der Waals surface area contributed by atoms with E-state index >= 15 is 0 Å². The number of amides is 1. The van der Waals surface area contributed by atoms with Gasteiger partial charge in [0.25, 0.3) is 10.0 Å². The monoisotopic (exact) mass is 809 g/mol. The Kier molecular flexibility index (Phi) is 10.2. The van der Waals surface area contributed by atoms with Crippen molar-refractivity contribution in [3.63, 3.8) is 0 Å². The number of aliphatic carboxylic acids is 1. The summed E-state index contributed by atoms with van der Waals surface area (Å²) in [5.41, 5.74) is 0.376. The minimum absolute atomic E-state index is 0.00619. The number of benzene rings is 3. The Morgan fingerprint density at radius 3 is 2.35 bits per heavy atom. The topological polar surface area (TPSA) is 134 Å². The van der Waals surface area contributed by atoms with Crippen molar-refractivity contribution < 1.29 is 45.4 Å². The van der Waals surface area contributed by atoms with Gasteiger partial charge in [-0.2, -0.15) is 13.2 Å². The number of ether oxygens (including phenoxy) is 1. The number of fused-ring (bicyclic) bond motifs is 1. The van der Waals surface area contributed by atoms with Crippen molar-refractivity contribution in [3.8, 4) is 0 Å². The summed E-state index contributed by atoms with van der Waals surface area (Å²) >= 11 is 3.83. The molecule has 0 spiro atoms. The highest BCUT2D eigenvalue weighted by Crippen LogP contribution is 2.52. The van der Waals surface area contributed by atoms with Crippen molar-refractivity contribution in [3.05, 3.63) is 83.4 Å². The first-order chi connectivity index (χ1) is 24.4. The van der Waals surface area contributed by atoms with Gasteiger partial charge in [0.2, 0.25) is 5.91 Å². The van der Waals surface area contributed by atoms with E-state index in [9.17, 15) is 40.7 Å². The van der Waals surface area contributed by atoms with E-state index in [-0.39, 0.29) is 23.8 Å². The van der Waals surface area contributed by atoms with Gasteiger partial charge in [0.1, 0.15) is 11.6 Å². The number of aromatic nitrogens is 2. The van der Waals surface area contributed by atoms with Crippen LogP contribution in [-0.2, 0) is 37.6 Å². The fraction of sp³-hybridized carbons (Fsp3) is 0.400. The van der Waals surface area contributed by atoms with Crippen molar-refractivity contribution in [1.82, 2.24) is 14.5 Å². The lowest BCUT2D eigenvalue weighted by Crippen LogP contribution is -2.57. The molecule has 2 aliphatic rings. The number of sulfonamides is 1. The van der Waals surface area contributed by atoms with Crippen LogP contribution in [0.3, 0.4) is 0 Å². The number of carboxylic acids is 1. The average Bonchev–Trinajstić information content (AvgIpc) is 3.40. The van der Waals surface area contributed by atoms with Crippen molar-refractivity contribution >= 4 is 60.2 Å². The lowest BCUT2D eigenvalue weighted by atomic mass is 9.66. The number of imidazole rings is 1. The molecule has 1 saturated heterocycles. The van der Waals surface area contributed by atoms with E-state index in [1.165, 1.54) is 19.2 Å². The third-order valence-electron chi connectivity index (χ3n) is 10.1. The van der Waals surface area contributed by atoms with Crippen LogP contribution in [0.4, 0.5) is 28.9 Å². The molecular formula is C35H36BrF4N5O6S. The first kappa shape index (κ1) is 37.7. The molecule has 2 N–H and O–H groups in total. The Bertz CT molecular complexity index is 2120. The third-order valence-corrected chi connectivity index (χ3v) is 13.0. The van der Waals surface area contributed by atoms with Crippen LogP contribution in [0.1, 0.15) is 35.7 Å². The van der Waals surface area contributed by atoms with Gasteiger partial charge < -0.3 is 19.7 Å². The maximum absolute atomic E-state index is 14.8. The summed E-state index contributed by atoms with van der Waals surface area (Å²) in [5.74, 6) is -6.13. The highest BCUT2D eigenvalue weighted by molar-refractivity contribution is 9.10. The Morgan fingerprint density at radius 1 is 1.06 bits per heavy atom. The van der Waals surface area contributed by atoms with E-state index in [1.54, 1.807) is 30.3 Å². The van der Waals surface area contributed by atoms with Crippen LogP contribution in [0, 0.1) is 24.6 Å². The standard InChI is InChI=1S/C35H36BrF4N5O6S/c1-20-41-29-17-24(9-11-30(29)43(20)2)52(49,50)44(3)23-7-4-21(5-8-23)25-18-34(36,45-12-14-51-15-13-45)19-26(31(25)33(47)48)32(46)42-28-10-6-22(16-27(28)37)35(38,39)40/h4-11,16-17,25-26,31H,12-15,18-19H2,1-3H3,(H,42,46)(H,47,48)/t25?,26-,31-,34+/m0/s1. The SMILES string of the molecule is Cc1nc2cc(S(=O)(=O)N(C)c3ccc(C4C[C@@](Br)(N5CCOCC5)C[C@H](C(=O)Nc5ccc(C(F)(F)F)cc5F)[C@H]4C(=O)O)cc3)ccc2n1C. The Balaban J connectivity index is 1.32. The fourth-order valence-electron chi connectivity index (χ4n) is 7.15. The molecule has 3 aromatic carbocycles. The number of hydrogen-bond acceptors (Lipinski definition) is 7. The number of nitrogens with one attached hydrogen (secondary N) is 1. The first-order valence-corrected chi connectivity index (χ1v) is 18.6. The van der Waals surface area contributed by atoms with Crippen molar-refractivity contribution in [2.45, 2.75) is 41.2 Å². The predicted octanol–water partition coefficient (Wildman–Crippen LogP) is 6.12. The molecule has 11 nitrogen and oxygen atoms in total. The Labute approximate surface area is 305 Å². The molecule has 4 aromatic rings. The number of morpholine rings is 1. The molecule has 1 aliphatic carbocycles. The van der Waals surface area contributed by atoms with E-state index in [2.05, 4.69) is 31.1 Å². The summed E-state index contributed by atoms with van der Waals surface area (Å²) in [6.45, 7) is 3.57. The van der Waals surface area contributed by atoms with E-state index in [4.69, 9.17) is 4.74 Å². The molecule has 1 saturated carbocycles. The van der Waals surface area contributed by atoms with Gasteiger partial charge in [-0.15, -0.1) is 0 Å². The number of aryl methyl sites for hydroxylation is 2. The lowest BCUT2D eigenvalue weighted by molar-refractivity contribution is -0.150.